The predicted octanol–water partition coefficient (Wildman–Crippen LogP) is 4.47. The van der Waals surface area contributed by atoms with Crippen LogP contribution in [-0.2, 0) is 0 Å². The average Bonchev–Trinajstić information content (AvgIpc) is 2.63. The highest BCUT2D eigenvalue weighted by molar-refractivity contribution is 6.18. The molecular formula is C13H23Cl. The van der Waals surface area contributed by atoms with Crippen LogP contribution in [0.2, 0.25) is 0 Å². The number of hydrogen-bond donors (Lipinski definition) is 0. The maximum atomic E-state index is 6.13. The van der Waals surface area contributed by atoms with Crippen LogP contribution < -0.4 is 0 Å². The fraction of sp³-hybridized carbons (Fsp3) is 1.00. The topological polar surface area (TPSA) is 0 Å². The highest BCUT2D eigenvalue weighted by atomic mass is 35.5. The van der Waals surface area contributed by atoms with E-state index in [1.807, 2.05) is 0 Å². The summed E-state index contributed by atoms with van der Waals surface area (Å²) < 4.78 is 0. The smallest absolute Gasteiger partial charge is 0.0262 e. The molecule has 0 radical (unpaired) electrons. The van der Waals surface area contributed by atoms with E-state index in [9.17, 15) is 0 Å². The molecule has 2 fully saturated rings. The Morgan fingerprint density at radius 2 is 2.00 bits per heavy atom. The minimum Gasteiger partial charge on any atom is -0.126 e. The van der Waals surface area contributed by atoms with E-state index in [1.54, 1.807) is 0 Å². The first-order chi connectivity index (χ1) is 6.61. The Bertz CT molecular complexity index is 221. The van der Waals surface area contributed by atoms with Crippen molar-refractivity contribution in [3.63, 3.8) is 0 Å². The Labute approximate surface area is 93.4 Å². The number of halogens is 1. The van der Waals surface area contributed by atoms with Gasteiger partial charge in [-0.3, -0.25) is 0 Å². The molecule has 82 valence electrons. The summed E-state index contributed by atoms with van der Waals surface area (Å²) in [5.41, 5.74) is 1.15. The zero-order chi connectivity index (χ0) is 10.4. The third-order valence-corrected chi connectivity index (χ3v) is 5.69. The standard InChI is InChI=1S/C13H23Cl/c1-4-10-7-5-6-8-13(10)11(9-14)12(13,2)3/h10-11H,4-9H2,1-3H3. The predicted molar refractivity (Wildman–Crippen MR) is 62.7 cm³/mol. The number of rotatable bonds is 2. The zero-order valence-corrected chi connectivity index (χ0v) is 10.5. The molecule has 0 amide bonds. The molecule has 1 heteroatoms. The third kappa shape index (κ3) is 1.13. The molecule has 0 aliphatic heterocycles. The van der Waals surface area contributed by atoms with Gasteiger partial charge in [0.1, 0.15) is 0 Å². The van der Waals surface area contributed by atoms with Crippen molar-refractivity contribution in [1.29, 1.82) is 0 Å². The maximum Gasteiger partial charge on any atom is 0.0262 e. The Morgan fingerprint density at radius 1 is 1.29 bits per heavy atom. The summed E-state index contributed by atoms with van der Waals surface area (Å²) in [5.74, 6) is 2.63. The SMILES string of the molecule is CCC1CCCCC12C(CCl)C2(C)C. The van der Waals surface area contributed by atoms with Crippen LogP contribution in [0.25, 0.3) is 0 Å². The van der Waals surface area contributed by atoms with E-state index in [-0.39, 0.29) is 0 Å². The summed E-state index contributed by atoms with van der Waals surface area (Å²) in [4.78, 5) is 0. The molecule has 2 aliphatic carbocycles. The molecule has 0 N–H and O–H groups in total. The van der Waals surface area contributed by atoms with E-state index in [4.69, 9.17) is 11.6 Å². The molecule has 0 heterocycles. The van der Waals surface area contributed by atoms with Crippen LogP contribution in [-0.4, -0.2) is 5.88 Å². The normalized spacial score (nSPS) is 45.4. The van der Waals surface area contributed by atoms with Gasteiger partial charge < -0.3 is 0 Å². The largest absolute Gasteiger partial charge is 0.126 e. The van der Waals surface area contributed by atoms with E-state index in [1.165, 1.54) is 32.1 Å². The van der Waals surface area contributed by atoms with E-state index in [0.29, 0.717) is 10.8 Å². The van der Waals surface area contributed by atoms with Crippen LogP contribution in [0.4, 0.5) is 0 Å². The molecule has 0 nitrogen and oxygen atoms in total. The molecular weight excluding hydrogens is 192 g/mol. The lowest BCUT2D eigenvalue weighted by atomic mass is 9.70. The molecule has 0 aromatic rings. The summed E-state index contributed by atoms with van der Waals surface area (Å²) >= 11 is 6.13. The van der Waals surface area contributed by atoms with Gasteiger partial charge in [0.2, 0.25) is 0 Å². The summed E-state index contributed by atoms with van der Waals surface area (Å²) in [5, 5.41) is 0. The molecule has 2 aliphatic rings. The number of hydrogen-bond acceptors (Lipinski definition) is 0. The highest BCUT2D eigenvalue weighted by Gasteiger charge is 2.72. The van der Waals surface area contributed by atoms with Gasteiger partial charge in [-0.05, 0) is 35.5 Å². The minimum absolute atomic E-state index is 0.524. The molecule has 2 saturated carbocycles. The fourth-order valence-corrected chi connectivity index (χ4v) is 5.14. The Morgan fingerprint density at radius 3 is 2.50 bits per heavy atom. The molecule has 3 unspecified atom stereocenters. The van der Waals surface area contributed by atoms with Crippen LogP contribution in [0.15, 0.2) is 0 Å². The van der Waals surface area contributed by atoms with Crippen molar-refractivity contribution in [2.75, 3.05) is 5.88 Å². The molecule has 0 saturated heterocycles. The summed E-state index contributed by atoms with van der Waals surface area (Å²) in [6.45, 7) is 7.24. The number of alkyl halides is 1. The van der Waals surface area contributed by atoms with Gasteiger partial charge >= 0.3 is 0 Å². The Balaban J connectivity index is 2.22. The lowest BCUT2D eigenvalue weighted by Crippen LogP contribution is -2.25. The lowest BCUT2D eigenvalue weighted by Gasteiger charge is -2.34. The van der Waals surface area contributed by atoms with Crippen molar-refractivity contribution in [2.45, 2.75) is 52.9 Å². The molecule has 3 atom stereocenters. The first-order valence-corrected chi connectivity index (χ1v) is 6.70. The first kappa shape index (κ1) is 10.8. The van der Waals surface area contributed by atoms with E-state index in [2.05, 4.69) is 20.8 Å². The molecule has 0 bridgehead atoms. The van der Waals surface area contributed by atoms with Gasteiger partial charge in [0.15, 0.2) is 0 Å². The van der Waals surface area contributed by atoms with Gasteiger partial charge in [-0.15, -0.1) is 11.6 Å². The summed E-state index contributed by atoms with van der Waals surface area (Å²) in [6, 6.07) is 0. The van der Waals surface area contributed by atoms with Crippen molar-refractivity contribution < 1.29 is 0 Å². The first-order valence-electron chi connectivity index (χ1n) is 6.17. The van der Waals surface area contributed by atoms with Crippen molar-refractivity contribution >= 4 is 11.6 Å². The van der Waals surface area contributed by atoms with Crippen molar-refractivity contribution in [3.05, 3.63) is 0 Å². The zero-order valence-electron chi connectivity index (χ0n) is 9.78. The highest BCUT2D eigenvalue weighted by Crippen LogP contribution is 2.77. The third-order valence-electron chi connectivity index (χ3n) is 5.38. The van der Waals surface area contributed by atoms with Gasteiger partial charge in [-0.2, -0.15) is 0 Å². The second-order valence-corrected chi connectivity index (χ2v) is 6.13. The van der Waals surface area contributed by atoms with Crippen molar-refractivity contribution in [1.82, 2.24) is 0 Å². The van der Waals surface area contributed by atoms with Gasteiger partial charge in [-0.25, -0.2) is 0 Å². The van der Waals surface area contributed by atoms with E-state index < -0.39 is 0 Å². The van der Waals surface area contributed by atoms with Crippen molar-refractivity contribution in [2.24, 2.45) is 22.7 Å². The van der Waals surface area contributed by atoms with Gasteiger partial charge in [0, 0.05) is 5.88 Å². The van der Waals surface area contributed by atoms with Crippen LogP contribution in [0.5, 0.6) is 0 Å². The average molecular weight is 215 g/mol. The summed E-state index contributed by atoms with van der Waals surface area (Å²) in [7, 11) is 0. The summed E-state index contributed by atoms with van der Waals surface area (Å²) in [6.07, 6.45) is 7.14. The van der Waals surface area contributed by atoms with Crippen molar-refractivity contribution in [3.8, 4) is 0 Å². The Kier molecular flexibility index (Phi) is 2.62. The van der Waals surface area contributed by atoms with Gasteiger partial charge in [0.05, 0.1) is 0 Å². The second kappa shape index (κ2) is 3.40. The monoisotopic (exact) mass is 214 g/mol. The minimum atomic E-state index is 0.524. The van der Waals surface area contributed by atoms with Gasteiger partial charge in [-0.1, -0.05) is 40.0 Å². The van der Waals surface area contributed by atoms with E-state index >= 15 is 0 Å². The molecule has 1 spiro atoms. The lowest BCUT2D eigenvalue weighted by molar-refractivity contribution is 0.156. The fourth-order valence-electron chi connectivity index (χ4n) is 4.48. The molecule has 0 aromatic carbocycles. The molecule has 2 rings (SSSR count). The van der Waals surface area contributed by atoms with Crippen LogP contribution in [0.1, 0.15) is 52.9 Å². The van der Waals surface area contributed by atoms with Crippen LogP contribution in [0, 0.1) is 22.7 Å². The molecule has 14 heavy (non-hydrogen) atoms. The van der Waals surface area contributed by atoms with Crippen LogP contribution >= 0.6 is 11.6 Å². The Hall–Kier alpha value is 0.290. The van der Waals surface area contributed by atoms with Crippen LogP contribution in [0.3, 0.4) is 0 Å². The van der Waals surface area contributed by atoms with E-state index in [0.717, 1.165) is 17.7 Å². The quantitative estimate of drug-likeness (QED) is 0.596. The second-order valence-electron chi connectivity index (χ2n) is 5.82. The maximum absolute atomic E-state index is 6.13. The molecule has 0 aromatic heterocycles. The van der Waals surface area contributed by atoms with Gasteiger partial charge in [0.25, 0.3) is 0 Å².